The lowest BCUT2D eigenvalue weighted by Gasteiger charge is -2.32. The summed E-state index contributed by atoms with van der Waals surface area (Å²) >= 11 is 0. The minimum atomic E-state index is -0.422. The quantitative estimate of drug-likeness (QED) is 0.700. The summed E-state index contributed by atoms with van der Waals surface area (Å²) in [5.74, 6) is -0.996. The number of hydrogen-bond acceptors (Lipinski definition) is 4. The van der Waals surface area contributed by atoms with Crippen molar-refractivity contribution in [3.05, 3.63) is 59.7 Å². The number of piperidine rings is 1. The predicted octanol–water partition coefficient (Wildman–Crippen LogP) is 2.53. The summed E-state index contributed by atoms with van der Waals surface area (Å²) in [6.45, 7) is 2.65. The van der Waals surface area contributed by atoms with Crippen LogP contribution in [0.1, 0.15) is 35.2 Å². The van der Waals surface area contributed by atoms with Crippen LogP contribution < -0.4 is 16.4 Å². The van der Waals surface area contributed by atoms with Gasteiger partial charge in [-0.05, 0) is 56.1 Å². The Kier molecular flexibility index (Phi) is 6.61. The zero-order chi connectivity index (χ0) is 20.8. The van der Waals surface area contributed by atoms with Crippen LogP contribution in [0.2, 0.25) is 0 Å². The van der Waals surface area contributed by atoms with E-state index in [1.165, 1.54) is 0 Å². The normalized spacial score (nSPS) is 16.8. The number of aryl methyl sites for hydroxylation is 1. The van der Waals surface area contributed by atoms with E-state index in [-0.39, 0.29) is 18.4 Å². The number of nitrogens with two attached hydrogens (primary N) is 1. The van der Waals surface area contributed by atoms with Crippen LogP contribution in [0.4, 0.5) is 11.4 Å². The van der Waals surface area contributed by atoms with Gasteiger partial charge in [0.2, 0.25) is 11.8 Å². The minimum absolute atomic E-state index is 0.0570. The first kappa shape index (κ1) is 20.5. The van der Waals surface area contributed by atoms with Gasteiger partial charge in [-0.15, -0.1) is 0 Å². The van der Waals surface area contributed by atoms with Crippen molar-refractivity contribution in [1.82, 2.24) is 4.90 Å². The van der Waals surface area contributed by atoms with E-state index in [1.807, 2.05) is 31.2 Å². The van der Waals surface area contributed by atoms with Crippen LogP contribution in [0.5, 0.6) is 0 Å². The maximum Gasteiger partial charge on any atom is 0.257 e. The number of likely N-dealkylation sites (tertiary alicyclic amines) is 1. The fraction of sp³-hybridized carbons (Fsp3) is 0.318. The lowest BCUT2D eigenvalue weighted by molar-refractivity contribution is -0.126. The lowest BCUT2D eigenvalue weighted by Crippen LogP contribution is -2.50. The van der Waals surface area contributed by atoms with E-state index in [0.717, 1.165) is 18.4 Å². The van der Waals surface area contributed by atoms with E-state index in [9.17, 15) is 14.4 Å². The molecule has 0 radical (unpaired) electrons. The highest BCUT2D eigenvalue weighted by Gasteiger charge is 2.28. The standard InChI is InChI=1S/C22H26N4O3/c1-15-7-6-8-16(13-15)24-22(29)17-9-2-3-10-18(17)25-20(27)14-26-12-5-4-11-19(26)21(23)28/h2-3,6-10,13,19H,4-5,11-12,14H2,1H3,(H2,23,28)(H,24,29)(H,25,27)/t19-/m0/s1. The van der Waals surface area contributed by atoms with Gasteiger partial charge in [-0.3, -0.25) is 19.3 Å². The Balaban J connectivity index is 1.69. The summed E-state index contributed by atoms with van der Waals surface area (Å²) in [5, 5.41) is 5.66. The fourth-order valence-corrected chi connectivity index (χ4v) is 3.59. The summed E-state index contributed by atoms with van der Waals surface area (Å²) in [4.78, 5) is 38.8. The molecule has 1 atom stereocenters. The number of hydrogen-bond donors (Lipinski definition) is 3. The van der Waals surface area contributed by atoms with Crippen molar-refractivity contribution in [2.45, 2.75) is 32.2 Å². The Labute approximate surface area is 170 Å². The van der Waals surface area contributed by atoms with Gasteiger partial charge in [0.15, 0.2) is 0 Å². The molecule has 152 valence electrons. The van der Waals surface area contributed by atoms with E-state index in [1.54, 1.807) is 29.2 Å². The topological polar surface area (TPSA) is 105 Å². The van der Waals surface area contributed by atoms with Gasteiger partial charge in [-0.25, -0.2) is 0 Å². The number of nitrogens with one attached hydrogen (secondary N) is 2. The molecule has 1 heterocycles. The van der Waals surface area contributed by atoms with E-state index >= 15 is 0 Å². The largest absolute Gasteiger partial charge is 0.368 e. The Bertz CT molecular complexity index is 912. The smallest absolute Gasteiger partial charge is 0.257 e. The maximum absolute atomic E-state index is 12.7. The van der Waals surface area contributed by atoms with Crippen molar-refractivity contribution in [2.24, 2.45) is 5.73 Å². The van der Waals surface area contributed by atoms with Gasteiger partial charge < -0.3 is 16.4 Å². The van der Waals surface area contributed by atoms with Crippen LogP contribution in [0, 0.1) is 6.92 Å². The molecule has 29 heavy (non-hydrogen) atoms. The molecule has 7 heteroatoms. The Morgan fingerprint density at radius 3 is 2.62 bits per heavy atom. The van der Waals surface area contributed by atoms with Gasteiger partial charge in [0, 0.05) is 5.69 Å². The molecule has 0 unspecified atom stereocenters. The molecule has 3 rings (SSSR count). The summed E-state index contributed by atoms with van der Waals surface area (Å²) in [6.07, 6.45) is 2.51. The minimum Gasteiger partial charge on any atom is -0.368 e. The van der Waals surface area contributed by atoms with Crippen LogP contribution in [-0.2, 0) is 9.59 Å². The second-order valence-electron chi connectivity index (χ2n) is 7.30. The van der Waals surface area contributed by atoms with E-state index in [4.69, 9.17) is 5.73 Å². The molecular weight excluding hydrogens is 368 g/mol. The molecule has 7 nitrogen and oxygen atoms in total. The third-order valence-corrected chi connectivity index (χ3v) is 5.01. The van der Waals surface area contributed by atoms with Crippen molar-refractivity contribution in [3.8, 4) is 0 Å². The van der Waals surface area contributed by atoms with Gasteiger partial charge in [0.1, 0.15) is 0 Å². The SMILES string of the molecule is Cc1cccc(NC(=O)c2ccccc2NC(=O)CN2CCCC[C@H]2C(N)=O)c1. The van der Waals surface area contributed by atoms with Crippen LogP contribution in [0.25, 0.3) is 0 Å². The summed E-state index contributed by atoms with van der Waals surface area (Å²) in [5.41, 5.74) is 7.99. The third kappa shape index (κ3) is 5.42. The van der Waals surface area contributed by atoms with Gasteiger partial charge in [-0.1, -0.05) is 30.7 Å². The number of para-hydroxylation sites is 1. The van der Waals surface area contributed by atoms with Gasteiger partial charge in [0.05, 0.1) is 23.8 Å². The number of benzene rings is 2. The van der Waals surface area contributed by atoms with Crippen molar-refractivity contribution in [2.75, 3.05) is 23.7 Å². The number of amides is 3. The number of carbonyl (C=O) groups excluding carboxylic acids is 3. The molecule has 1 saturated heterocycles. The molecule has 1 aliphatic rings. The number of nitrogens with zero attached hydrogens (tertiary/aromatic N) is 1. The van der Waals surface area contributed by atoms with Crippen molar-refractivity contribution >= 4 is 29.1 Å². The Hall–Kier alpha value is -3.19. The number of primary amides is 1. The van der Waals surface area contributed by atoms with E-state index in [2.05, 4.69) is 10.6 Å². The average Bonchev–Trinajstić information content (AvgIpc) is 2.68. The molecule has 0 aromatic heterocycles. The summed E-state index contributed by atoms with van der Waals surface area (Å²) in [7, 11) is 0. The number of rotatable bonds is 6. The third-order valence-electron chi connectivity index (χ3n) is 5.01. The van der Waals surface area contributed by atoms with Crippen LogP contribution in [-0.4, -0.2) is 41.8 Å². The second-order valence-corrected chi connectivity index (χ2v) is 7.30. The molecule has 0 saturated carbocycles. The molecular formula is C22H26N4O3. The van der Waals surface area contributed by atoms with Crippen LogP contribution >= 0.6 is 0 Å². The van der Waals surface area contributed by atoms with Gasteiger partial charge in [0.25, 0.3) is 5.91 Å². The number of carbonyl (C=O) groups is 3. The molecule has 2 aromatic carbocycles. The first-order valence-corrected chi connectivity index (χ1v) is 9.74. The molecule has 1 aliphatic heterocycles. The van der Waals surface area contributed by atoms with Gasteiger partial charge in [-0.2, -0.15) is 0 Å². The lowest BCUT2D eigenvalue weighted by atomic mass is 10.0. The Morgan fingerprint density at radius 2 is 1.86 bits per heavy atom. The highest BCUT2D eigenvalue weighted by Crippen LogP contribution is 2.20. The molecule has 0 aliphatic carbocycles. The summed E-state index contributed by atoms with van der Waals surface area (Å²) < 4.78 is 0. The fourth-order valence-electron chi connectivity index (χ4n) is 3.59. The molecule has 4 N–H and O–H groups in total. The first-order valence-electron chi connectivity index (χ1n) is 9.74. The van der Waals surface area contributed by atoms with E-state index in [0.29, 0.717) is 29.9 Å². The molecule has 3 amide bonds. The van der Waals surface area contributed by atoms with Crippen LogP contribution in [0.3, 0.4) is 0 Å². The predicted molar refractivity (Wildman–Crippen MR) is 113 cm³/mol. The van der Waals surface area contributed by atoms with Gasteiger partial charge >= 0.3 is 0 Å². The monoisotopic (exact) mass is 394 g/mol. The molecule has 2 aromatic rings. The van der Waals surface area contributed by atoms with Crippen LogP contribution in [0.15, 0.2) is 48.5 Å². The average molecular weight is 394 g/mol. The molecule has 0 bridgehead atoms. The second kappa shape index (κ2) is 9.34. The number of anilines is 2. The van der Waals surface area contributed by atoms with E-state index < -0.39 is 11.9 Å². The zero-order valence-electron chi connectivity index (χ0n) is 16.5. The van der Waals surface area contributed by atoms with Crippen molar-refractivity contribution in [1.29, 1.82) is 0 Å². The maximum atomic E-state index is 12.7. The highest BCUT2D eigenvalue weighted by atomic mass is 16.2. The summed E-state index contributed by atoms with van der Waals surface area (Å²) in [6, 6.07) is 13.9. The Morgan fingerprint density at radius 1 is 1.07 bits per heavy atom. The highest BCUT2D eigenvalue weighted by molar-refractivity contribution is 6.10. The van der Waals surface area contributed by atoms with Crippen molar-refractivity contribution < 1.29 is 14.4 Å². The molecule has 1 fully saturated rings. The molecule has 0 spiro atoms. The zero-order valence-corrected chi connectivity index (χ0v) is 16.5. The van der Waals surface area contributed by atoms with Crippen molar-refractivity contribution in [3.63, 3.8) is 0 Å². The first-order chi connectivity index (χ1) is 13.9.